The molecule has 0 spiro atoms. The van der Waals surface area contributed by atoms with Gasteiger partial charge in [0.2, 0.25) is 0 Å². The molecule has 0 aliphatic carbocycles. The van der Waals surface area contributed by atoms with Gasteiger partial charge in [-0.2, -0.15) is 5.10 Å². The average Bonchev–Trinajstić information content (AvgIpc) is 3.26. The Balaban J connectivity index is 1.30. The summed E-state index contributed by atoms with van der Waals surface area (Å²) in [5.41, 5.74) is 2.73. The fourth-order valence-electron chi connectivity index (χ4n) is 4.62. The average molecular weight is 514 g/mol. The van der Waals surface area contributed by atoms with Crippen molar-refractivity contribution >= 4 is 11.6 Å². The smallest absolute Gasteiger partial charge is 0.137 e. The maximum absolute atomic E-state index is 11.3. The first-order chi connectivity index (χ1) is 17.2. The molecule has 36 heavy (non-hydrogen) atoms. The van der Waals surface area contributed by atoms with E-state index < -0.39 is 11.7 Å². The van der Waals surface area contributed by atoms with Gasteiger partial charge in [0.15, 0.2) is 0 Å². The zero-order valence-corrected chi connectivity index (χ0v) is 22.0. The van der Waals surface area contributed by atoms with Crippen molar-refractivity contribution in [2.75, 3.05) is 26.3 Å². The number of aromatic nitrogens is 2. The third-order valence-electron chi connectivity index (χ3n) is 6.60. The molecular formula is C28H36ClN3O4. The largest absolute Gasteiger partial charge is 0.494 e. The van der Waals surface area contributed by atoms with Crippen LogP contribution in [0.3, 0.4) is 0 Å². The zero-order valence-electron chi connectivity index (χ0n) is 21.3. The summed E-state index contributed by atoms with van der Waals surface area (Å²) in [4.78, 5) is 2.15. The van der Waals surface area contributed by atoms with E-state index in [1.54, 1.807) is 0 Å². The van der Waals surface area contributed by atoms with Crippen LogP contribution in [0.1, 0.15) is 35.1 Å². The number of hydrogen-bond donors (Lipinski definition) is 2. The number of halogens is 1. The van der Waals surface area contributed by atoms with E-state index in [9.17, 15) is 10.2 Å². The normalized spacial score (nSPS) is 20.4. The number of benzene rings is 2. The van der Waals surface area contributed by atoms with Gasteiger partial charge < -0.3 is 19.7 Å². The van der Waals surface area contributed by atoms with Gasteiger partial charge in [-0.3, -0.25) is 9.58 Å². The van der Waals surface area contributed by atoms with Gasteiger partial charge in [0.25, 0.3) is 0 Å². The van der Waals surface area contributed by atoms with E-state index >= 15 is 0 Å². The summed E-state index contributed by atoms with van der Waals surface area (Å²) >= 11 is 6.25. The molecule has 2 atom stereocenters. The van der Waals surface area contributed by atoms with Crippen molar-refractivity contribution < 1.29 is 19.7 Å². The molecule has 1 fully saturated rings. The van der Waals surface area contributed by atoms with Gasteiger partial charge in [0, 0.05) is 43.8 Å². The molecular weight excluding hydrogens is 478 g/mol. The minimum atomic E-state index is -1.36. The second-order valence-electron chi connectivity index (χ2n) is 9.91. The fraction of sp³-hybridized carbons (Fsp3) is 0.464. The predicted molar refractivity (Wildman–Crippen MR) is 141 cm³/mol. The minimum Gasteiger partial charge on any atom is -0.494 e. The van der Waals surface area contributed by atoms with Crippen LogP contribution in [0, 0.1) is 20.8 Å². The molecule has 0 unspecified atom stereocenters. The van der Waals surface area contributed by atoms with Gasteiger partial charge in [-0.05, 0) is 73.7 Å². The Morgan fingerprint density at radius 1 is 1.11 bits per heavy atom. The second kappa shape index (κ2) is 11.6. The van der Waals surface area contributed by atoms with Crippen LogP contribution in [-0.4, -0.2) is 62.9 Å². The first kappa shape index (κ1) is 26.5. The number of aliphatic hydroxyl groups excluding tert-OH is 1. The fourth-order valence-corrected chi connectivity index (χ4v) is 4.73. The summed E-state index contributed by atoms with van der Waals surface area (Å²) in [5.74, 6) is 1.47. The third kappa shape index (κ3) is 6.79. The van der Waals surface area contributed by atoms with Crippen molar-refractivity contribution in [3.63, 3.8) is 0 Å². The lowest BCUT2D eigenvalue weighted by atomic mass is 9.90. The van der Waals surface area contributed by atoms with E-state index in [4.69, 9.17) is 21.1 Å². The van der Waals surface area contributed by atoms with E-state index in [1.165, 1.54) is 0 Å². The van der Waals surface area contributed by atoms with E-state index in [2.05, 4.69) is 16.1 Å². The zero-order chi connectivity index (χ0) is 25.7. The molecule has 3 aromatic rings. The number of aryl methyl sites for hydroxylation is 4. The predicted octanol–water partition coefficient (Wildman–Crippen LogP) is 4.31. The van der Waals surface area contributed by atoms with Crippen molar-refractivity contribution in [1.29, 1.82) is 0 Å². The van der Waals surface area contributed by atoms with Crippen molar-refractivity contribution in [1.82, 2.24) is 14.7 Å². The molecule has 0 saturated carbocycles. The summed E-state index contributed by atoms with van der Waals surface area (Å²) in [7, 11) is 0. The molecule has 1 aliphatic rings. The molecule has 0 amide bonds. The number of hydrogen-bond acceptors (Lipinski definition) is 6. The lowest BCUT2D eigenvalue weighted by molar-refractivity contribution is -0.140. The highest BCUT2D eigenvalue weighted by atomic mass is 35.5. The van der Waals surface area contributed by atoms with E-state index in [-0.39, 0.29) is 6.61 Å². The molecule has 0 radical (unpaired) electrons. The summed E-state index contributed by atoms with van der Waals surface area (Å²) in [5, 5.41) is 26.9. The maximum atomic E-state index is 11.3. The quantitative estimate of drug-likeness (QED) is 0.393. The topological polar surface area (TPSA) is 80.0 Å². The highest BCUT2D eigenvalue weighted by Gasteiger charge is 2.42. The number of piperidine rings is 1. The van der Waals surface area contributed by atoms with Crippen LogP contribution in [-0.2, 0) is 13.1 Å². The minimum absolute atomic E-state index is 0.00407. The number of ether oxygens (including phenoxy) is 2. The van der Waals surface area contributed by atoms with Gasteiger partial charge in [-0.1, -0.05) is 23.7 Å². The van der Waals surface area contributed by atoms with E-state index in [0.29, 0.717) is 43.4 Å². The summed E-state index contributed by atoms with van der Waals surface area (Å²) in [6, 6.07) is 11.8. The van der Waals surface area contributed by atoms with Crippen molar-refractivity contribution in [3.8, 4) is 11.5 Å². The van der Waals surface area contributed by atoms with Gasteiger partial charge in [-0.15, -0.1) is 0 Å². The molecule has 1 saturated heterocycles. The SMILES string of the molecule is Cc1cnn(CCCOc2cccc(CN3CC[C@H](O)[C@@](O)(COc4cc(C)c(Cl)c(C)c4)C3)c2)c1. The highest BCUT2D eigenvalue weighted by Crippen LogP contribution is 2.29. The Kier molecular flexibility index (Phi) is 8.57. The number of nitrogens with zero attached hydrogens (tertiary/aromatic N) is 3. The Morgan fingerprint density at radius 3 is 2.61 bits per heavy atom. The lowest BCUT2D eigenvalue weighted by Crippen LogP contribution is -2.59. The Hall–Kier alpha value is -2.58. The van der Waals surface area contributed by atoms with Crippen molar-refractivity contribution in [2.24, 2.45) is 0 Å². The van der Waals surface area contributed by atoms with Crippen LogP contribution in [0.5, 0.6) is 11.5 Å². The van der Waals surface area contributed by atoms with Crippen molar-refractivity contribution in [3.05, 3.63) is 76.1 Å². The number of aliphatic hydroxyl groups is 2. The maximum Gasteiger partial charge on any atom is 0.137 e. The Labute approximate surface area is 218 Å². The van der Waals surface area contributed by atoms with Crippen molar-refractivity contribution in [2.45, 2.75) is 58.4 Å². The third-order valence-corrected chi connectivity index (χ3v) is 7.20. The molecule has 0 bridgehead atoms. The summed E-state index contributed by atoms with van der Waals surface area (Å²) in [6.45, 7) is 8.97. The standard InChI is InChI=1S/C28H36ClN3O4/c1-20-15-30-32(16-20)9-5-11-35-24-7-4-6-23(14-24)17-31-10-8-26(33)28(34,18-31)19-36-25-12-21(2)27(29)22(3)13-25/h4,6-7,12-16,26,33-34H,5,8-11,17-19H2,1-3H3/t26-,28-/m0/s1. The van der Waals surface area contributed by atoms with Crippen LogP contribution in [0.25, 0.3) is 0 Å². The first-order valence-corrected chi connectivity index (χ1v) is 12.8. The molecule has 2 heterocycles. The molecule has 8 heteroatoms. The second-order valence-corrected chi connectivity index (χ2v) is 10.3. The number of rotatable bonds is 10. The van der Waals surface area contributed by atoms with Crippen LogP contribution < -0.4 is 9.47 Å². The Bertz CT molecular complexity index is 1140. The molecule has 2 aromatic carbocycles. The van der Waals surface area contributed by atoms with Crippen LogP contribution in [0.15, 0.2) is 48.8 Å². The molecule has 2 N–H and O–H groups in total. The van der Waals surface area contributed by atoms with E-state index in [0.717, 1.165) is 41.0 Å². The molecule has 7 nitrogen and oxygen atoms in total. The molecule has 4 rings (SSSR count). The summed E-state index contributed by atoms with van der Waals surface area (Å²) in [6.07, 6.45) is 4.38. The van der Waals surface area contributed by atoms with Crippen LogP contribution in [0.2, 0.25) is 5.02 Å². The van der Waals surface area contributed by atoms with Gasteiger partial charge in [-0.25, -0.2) is 0 Å². The van der Waals surface area contributed by atoms with Gasteiger partial charge >= 0.3 is 0 Å². The molecule has 1 aromatic heterocycles. The van der Waals surface area contributed by atoms with Crippen LogP contribution in [0.4, 0.5) is 0 Å². The number of β-amino-alcohol motifs (C(OH)–C–C–N with tert-alkyl or cyclic N) is 1. The first-order valence-electron chi connectivity index (χ1n) is 12.4. The van der Waals surface area contributed by atoms with Crippen LogP contribution >= 0.6 is 11.6 Å². The molecule has 194 valence electrons. The van der Waals surface area contributed by atoms with E-state index in [1.807, 2.05) is 68.2 Å². The molecule has 1 aliphatic heterocycles. The highest BCUT2D eigenvalue weighted by molar-refractivity contribution is 6.32. The van der Waals surface area contributed by atoms with Gasteiger partial charge in [0.05, 0.1) is 18.9 Å². The summed E-state index contributed by atoms with van der Waals surface area (Å²) < 4.78 is 13.8. The van der Waals surface area contributed by atoms with Gasteiger partial charge in [0.1, 0.15) is 23.7 Å². The number of likely N-dealkylation sites (tertiary alicyclic amines) is 1. The monoisotopic (exact) mass is 513 g/mol. The Morgan fingerprint density at radius 2 is 1.89 bits per heavy atom. The lowest BCUT2D eigenvalue weighted by Gasteiger charge is -2.42.